The van der Waals surface area contributed by atoms with Crippen LogP contribution in [0.2, 0.25) is 0 Å². The number of rotatable bonds is 6. The first-order valence-electron chi connectivity index (χ1n) is 8.22. The molecule has 2 atom stereocenters. The minimum absolute atomic E-state index is 0.162. The highest BCUT2D eigenvalue weighted by Gasteiger charge is 2.17. The summed E-state index contributed by atoms with van der Waals surface area (Å²) in [5.41, 5.74) is 1.23. The number of hydrogen-bond acceptors (Lipinski definition) is 2. The molecular weight excluding hydrogens is 260 g/mol. The van der Waals surface area contributed by atoms with Crippen molar-refractivity contribution in [3.8, 4) is 0 Å². The molecule has 3 heteroatoms. The molecule has 1 fully saturated rings. The number of likely N-dealkylation sites (tertiary alicyclic amines) is 1. The molecule has 0 aromatic heterocycles. The summed E-state index contributed by atoms with van der Waals surface area (Å²) in [5, 5.41) is 3.10. The Morgan fingerprint density at radius 1 is 1.14 bits per heavy atom. The van der Waals surface area contributed by atoms with Crippen LogP contribution in [0.5, 0.6) is 0 Å². The minimum Gasteiger partial charge on any atom is -0.355 e. The quantitative estimate of drug-likeness (QED) is 0.872. The van der Waals surface area contributed by atoms with Crippen LogP contribution in [-0.2, 0) is 4.79 Å². The predicted molar refractivity (Wildman–Crippen MR) is 87.4 cm³/mol. The molecule has 116 valence electrons. The SMILES string of the molecule is CC(CC(=O)NCC(C)N1CCCCC1)c1ccccc1. The van der Waals surface area contributed by atoms with Crippen molar-refractivity contribution in [2.24, 2.45) is 0 Å². The second-order valence-corrected chi connectivity index (χ2v) is 6.27. The summed E-state index contributed by atoms with van der Waals surface area (Å²) >= 11 is 0. The van der Waals surface area contributed by atoms with E-state index in [4.69, 9.17) is 0 Å². The van der Waals surface area contributed by atoms with E-state index in [1.165, 1.54) is 37.9 Å². The van der Waals surface area contributed by atoms with E-state index in [9.17, 15) is 4.79 Å². The van der Waals surface area contributed by atoms with E-state index >= 15 is 0 Å². The number of nitrogens with zero attached hydrogens (tertiary/aromatic N) is 1. The van der Waals surface area contributed by atoms with Gasteiger partial charge in [0.05, 0.1) is 0 Å². The molecule has 1 amide bonds. The van der Waals surface area contributed by atoms with E-state index in [0.717, 1.165) is 6.54 Å². The number of carbonyl (C=O) groups excluding carboxylic acids is 1. The largest absolute Gasteiger partial charge is 0.355 e. The summed E-state index contributed by atoms with van der Waals surface area (Å²) in [4.78, 5) is 14.6. The van der Waals surface area contributed by atoms with Gasteiger partial charge in [0, 0.05) is 19.0 Å². The first kappa shape index (κ1) is 16.0. The van der Waals surface area contributed by atoms with Gasteiger partial charge in [-0.15, -0.1) is 0 Å². The summed E-state index contributed by atoms with van der Waals surface area (Å²) in [6.45, 7) is 7.45. The van der Waals surface area contributed by atoms with Gasteiger partial charge < -0.3 is 5.32 Å². The molecule has 1 heterocycles. The van der Waals surface area contributed by atoms with Crippen molar-refractivity contribution in [2.75, 3.05) is 19.6 Å². The van der Waals surface area contributed by atoms with E-state index < -0.39 is 0 Å². The fraction of sp³-hybridized carbons (Fsp3) is 0.611. The third-order valence-electron chi connectivity index (χ3n) is 4.47. The molecule has 1 aromatic rings. The Morgan fingerprint density at radius 2 is 1.81 bits per heavy atom. The van der Waals surface area contributed by atoms with Crippen LogP contribution in [0, 0.1) is 0 Å². The third-order valence-corrected chi connectivity index (χ3v) is 4.47. The van der Waals surface area contributed by atoms with Crippen molar-refractivity contribution in [1.29, 1.82) is 0 Å². The lowest BCUT2D eigenvalue weighted by Gasteiger charge is -2.32. The fourth-order valence-electron chi connectivity index (χ4n) is 3.00. The molecule has 0 saturated carbocycles. The maximum absolute atomic E-state index is 12.1. The second-order valence-electron chi connectivity index (χ2n) is 6.27. The Labute approximate surface area is 128 Å². The Kier molecular flexibility index (Phi) is 6.24. The maximum Gasteiger partial charge on any atom is 0.220 e. The molecule has 1 aliphatic rings. The van der Waals surface area contributed by atoms with Crippen LogP contribution in [0.3, 0.4) is 0 Å². The smallest absolute Gasteiger partial charge is 0.220 e. The number of piperidine rings is 1. The van der Waals surface area contributed by atoms with Gasteiger partial charge in [0.2, 0.25) is 5.91 Å². The lowest BCUT2D eigenvalue weighted by Crippen LogP contribution is -2.44. The summed E-state index contributed by atoms with van der Waals surface area (Å²) in [5.74, 6) is 0.437. The average molecular weight is 288 g/mol. The Hall–Kier alpha value is -1.35. The average Bonchev–Trinajstić information content (AvgIpc) is 2.54. The van der Waals surface area contributed by atoms with Gasteiger partial charge in [-0.05, 0) is 44.3 Å². The number of amides is 1. The molecule has 1 aromatic carbocycles. The fourth-order valence-corrected chi connectivity index (χ4v) is 3.00. The zero-order valence-electron chi connectivity index (χ0n) is 13.3. The molecule has 3 nitrogen and oxygen atoms in total. The van der Waals surface area contributed by atoms with Crippen LogP contribution >= 0.6 is 0 Å². The summed E-state index contributed by atoms with van der Waals surface area (Å²) in [6.07, 6.45) is 4.51. The highest BCUT2D eigenvalue weighted by Crippen LogP contribution is 2.18. The van der Waals surface area contributed by atoms with E-state index in [1.807, 2.05) is 18.2 Å². The number of nitrogens with one attached hydrogen (secondary N) is 1. The minimum atomic E-state index is 0.162. The molecule has 0 aliphatic carbocycles. The van der Waals surface area contributed by atoms with Crippen LogP contribution in [0.4, 0.5) is 0 Å². The highest BCUT2D eigenvalue weighted by atomic mass is 16.1. The van der Waals surface area contributed by atoms with Gasteiger partial charge in [0.15, 0.2) is 0 Å². The maximum atomic E-state index is 12.1. The Morgan fingerprint density at radius 3 is 2.48 bits per heavy atom. The van der Waals surface area contributed by atoms with Crippen LogP contribution in [0.15, 0.2) is 30.3 Å². The van der Waals surface area contributed by atoms with Crippen molar-refractivity contribution in [3.05, 3.63) is 35.9 Å². The molecule has 21 heavy (non-hydrogen) atoms. The van der Waals surface area contributed by atoms with Crippen LogP contribution in [0.25, 0.3) is 0 Å². The summed E-state index contributed by atoms with van der Waals surface area (Å²) in [6, 6.07) is 10.7. The van der Waals surface area contributed by atoms with Crippen molar-refractivity contribution in [1.82, 2.24) is 10.2 Å². The van der Waals surface area contributed by atoms with Crippen LogP contribution in [-0.4, -0.2) is 36.5 Å². The zero-order valence-corrected chi connectivity index (χ0v) is 13.3. The van der Waals surface area contributed by atoms with Crippen molar-refractivity contribution >= 4 is 5.91 Å². The van der Waals surface area contributed by atoms with Crippen molar-refractivity contribution < 1.29 is 4.79 Å². The van der Waals surface area contributed by atoms with Crippen LogP contribution < -0.4 is 5.32 Å². The predicted octanol–water partition coefficient (Wildman–Crippen LogP) is 3.17. The zero-order chi connectivity index (χ0) is 15.1. The number of hydrogen-bond donors (Lipinski definition) is 1. The van der Waals surface area contributed by atoms with Gasteiger partial charge in [0.25, 0.3) is 0 Å². The monoisotopic (exact) mass is 288 g/mol. The number of carbonyl (C=O) groups is 1. The van der Waals surface area contributed by atoms with Crippen molar-refractivity contribution in [2.45, 2.75) is 51.5 Å². The Bertz CT molecular complexity index is 426. The van der Waals surface area contributed by atoms with E-state index in [1.54, 1.807) is 0 Å². The van der Waals surface area contributed by atoms with Gasteiger partial charge >= 0.3 is 0 Å². The molecule has 1 saturated heterocycles. The molecule has 0 radical (unpaired) electrons. The van der Waals surface area contributed by atoms with Gasteiger partial charge in [-0.3, -0.25) is 9.69 Å². The lowest BCUT2D eigenvalue weighted by molar-refractivity contribution is -0.121. The Balaban J connectivity index is 1.71. The van der Waals surface area contributed by atoms with Gasteiger partial charge in [-0.2, -0.15) is 0 Å². The normalized spacial score (nSPS) is 19.0. The molecule has 0 bridgehead atoms. The molecule has 2 unspecified atom stereocenters. The lowest BCUT2D eigenvalue weighted by atomic mass is 9.97. The van der Waals surface area contributed by atoms with Crippen LogP contribution in [0.1, 0.15) is 51.0 Å². The molecule has 1 N–H and O–H groups in total. The van der Waals surface area contributed by atoms with Gasteiger partial charge in [-0.1, -0.05) is 43.7 Å². The molecular formula is C18H28N2O. The first-order valence-corrected chi connectivity index (χ1v) is 8.22. The second kappa shape index (κ2) is 8.18. The van der Waals surface area contributed by atoms with Gasteiger partial charge in [0.1, 0.15) is 0 Å². The standard InChI is InChI=1S/C18H28N2O/c1-15(17-9-5-3-6-10-17)13-18(21)19-14-16(2)20-11-7-4-8-12-20/h3,5-6,9-10,15-16H,4,7-8,11-14H2,1-2H3,(H,19,21). The topological polar surface area (TPSA) is 32.3 Å². The molecule has 1 aliphatic heterocycles. The third kappa shape index (κ3) is 5.16. The van der Waals surface area contributed by atoms with E-state index in [2.05, 4.69) is 36.2 Å². The molecule has 2 rings (SSSR count). The summed E-state index contributed by atoms with van der Waals surface area (Å²) < 4.78 is 0. The molecule has 0 spiro atoms. The van der Waals surface area contributed by atoms with Crippen molar-refractivity contribution in [3.63, 3.8) is 0 Å². The highest BCUT2D eigenvalue weighted by molar-refractivity contribution is 5.76. The van der Waals surface area contributed by atoms with E-state index in [-0.39, 0.29) is 11.8 Å². The van der Waals surface area contributed by atoms with E-state index in [0.29, 0.717) is 12.5 Å². The summed E-state index contributed by atoms with van der Waals surface area (Å²) in [7, 11) is 0. The first-order chi connectivity index (χ1) is 10.2. The van der Waals surface area contributed by atoms with Gasteiger partial charge in [-0.25, -0.2) is 0 Å². The number of benzene rings is 1.